The van der Waals surface area contributed by atoms with Gasteiger partial charge in [-0.2, -0.15) is 0 Å². The maximum absolute atomic E-state index is 9.86. The molecule has 0 aromatic heterocycles. The van der Waals surface area contributed by atoms with Crippen LogP contribution in [0.15, 0.2) is 402 Å². The molecule has 0 spiro atoms. The third kappa shape index (κ3) is 18.7. The van der Waals surface area contributed by atoms with Crippen LogP contribution in [0.1, 0.15) is 89.0 Å². The summed E-state index contributed by atoms with van der Waals surface area (Å²) in [6.45, 7) is 0. The molecule has 116 heavy (non-hydrogen) atoms. The smallest absolute Gasteiger partial charge is 0.115 e. The van der Waals surface area contributed by atoms with Crippen LogP contribution in [-0.4, -0.2) is 15.3 Å². The van der Waals surface area contributed by atoms with Crippen LogP contribution in [0, 0.1) is 10.7 Å². The molecule has 16 rings (SSSR count). The van der Waals surface area contributed by atoms with E-state index in [9.17, 15) is 15.3 Å². The molecule has 576 valence electrons. The van der Waals surface area contributed by atoms with Crippen molar-refractivity contribution in [1.29, 1.82) is 0 Å². The summed E-state index contributed by atoms with van der Waals surface area (Å²) in [7, 11) is 0. The number of benzene rings is 16. The molecule has 0 bridgehead atoms. The summed E-state index contributed by atoms with van der Waals surface area (Å²) in [5, 5.41) is 32.4. The number of nitrogens with two attached hydrogens (primary N) is 3. The van der Waals surface area contributed by atoms with Gasteiger partial charge in [-0.25, -0.2) is 0 Å². The third-order valence-corrected chi connectivity index (χ3v) is 25.5. The minimum atomic E-state index is -0.750. The lowest BCUT2D eigenvalue weighted by molar-refractivity contribution is 0.474. The van der Waals surface area contributed by atoms with Crippen molar-refractivity contribution in [1.82, 2.24) is 0 Å². The maximum atomic E-state index is 9.86. The Labute approximate surface area is 763 Å². The second kappa shape index (κ2) is 38.2. The zero-order valence-electron chi connectivity index (χ0n) is 61.8. The maximum Gasteiger partial charge on any atom is 0.115 e. The number of nitrogen functional groups attached to an aromatic ring is 3. The van der Waals surface area contributed by atoms with Gasteiger partial charge in [0.1, 0.15) is 17.2 Å². The first-order chi connectivity index (χ1) is 56.0. The molecule has 16 aromatic rings. The molecule has 0 unspecified atom stereocenters. The molecular weight excluding hydrogens is 2050 g/mol. The molecule has 0 aliphatic rings. The largest absolute Gasteiger partial charge is 0.508 e. The Kier molecular flexibility index (Phi) is 28.0. The molecule has 0 heterocycles. The summed E-state index contributed by atoms with van der Waals surface area (Å²) in [6.07, 6.45) is 0. The van der Waals surface area contributed by atoms with Gasteiger partial charge in [0.25, 0.3) is 0 Å². The summed E-state index contributed by atoms with van der Waals surface area (Å²) < 4.78 is 6.83. The molecule has 0 fully saturated rings. The number of halogens is 10. The van der Waals surface area contributed by atoms with Gasteiger partial charge in [0, 0.05) is 61.3 Å². The lowest BCUT2D eigenvalue weighted by Crippen LogP contribution is -2.31. The standard InChI is InChI=1S/C25H16Br3Cl.C25H16ClI3.C25H22ClN3.C25H19ClO3/c4*26-21-9-1-17(2-10-21)25(18-3-11-22(27)12-4-18,19-5-13-23(28)14-6-19)20-7-15-24(29)16-8-20/h2*1-16H;1-16H,27-29H2;1-16,27-29H. The van der Waals surface area contributed by atoms with Crippen LogP contribution in [0.3, 0.4) is 0 Å². The zero-order valence-corrected chi connectivity index (χ0v) is 76.1. The van der Waals surface area contributed by atoms with Crippen LogP contribution in [0.25, 0.3) is 0 Å². The molecule has 16 heteroatoms. The number of hydrogen-bond acceptors (Lipinski definition) is 6. The van der Waals surface area contributed by atoms with Crippen molar-refractivity contribution in [2.75, 3.05) is 17.2 Å². The highest BCUT2D eigenvalue weighted by Gasteiger charge is 2.43. The van der Waals surface area contributed by atoms with Gasteiger partial charge in [-0.3, -0.25) is 0 Å². The van der Waals surface area contributed by atoms with Gasteiger partial charge in [0.15, 0.2) is 0 Å². The summed E-state index contributed by atoms with van der Waals surface area (Å²) in [4.78, 5) is 0. The quantitative estimate of drug-likeness (QED) is 0.0324. The van der Waals surface area contributed by atoms with Crippen LogP contribution in [0.2, 0.25) is 20.1 Å². The van der Waals surface area contributed by atoms with E-state index < -0.39 is 21.7 Å². The van der Waals surface area contributed by atoms with E-state index in [1.807, 2.05) is 133 Å². The van der Waals surface area contributed by atoms with Crippen LogP contribution in [0.4, 0.5) is 17.1 Å². The van der Waals surface area contributed by atoms with E-state index in [2.05, 4.69) is 334 Å². The number of anilines is 3. The average molecular weight is 2130 g/mol. The van der Waals surface area contributed by atoms with Gasteiger partial charge in [-0.05, 0) is 351 Å². The van der Waals surface area contributed by atoms with Gasteiger partial charge in [0.2, 0.25) is 0 Å². The molecule has 0 aliphatic carbocycles. The Balaban J connectivity index is 0.000000135. The lowest BCUT2D eigenvalue weighted by Gasteiger charge is -2.37. The predicted molar refractivity (Wildman–Crippen MR) is 519 cm³/mol. The second-order valence-corrected chi connectivity index (χ2v) is 35.8. The minimum absolute atomic E-state index is 0.176. The Morgan fingerprint density at radius 3 is 0.440 bits per heavy atom. The van der Waals surface area contributed by atoms with Crippen molar-refractivity contribution in [3.8, 4) is 17.2 Å². The Morgan fingerprint density at radius 1 is 0.181 bits per heavy atom. The molecule has 0 atom stereocenters. The van der Waals surface area contributed by atoms with E-state index in [0.29, 0.717) is 27.1 Å². The van der Waals surface area contributed by atoms with Crippen molar-refractivity contribution < 1.29 is 15.3 Å². The normalized spacial score (nSPS) is 11.4. The molecule has 0 saturated heterocycles. The number of hydrogen-bond donors (Lipinski definition) is 6. The number of phenols is 3. The second-order valence-electron chi connectivity index (χ2n) is 27.6. The van der Waals surface area contributed by atoms with Crippen molar-refractivity contribution in [2.45, 2.75) is 21.7 Å². The summed E-state index contributed by atoms with van der Waals surface area (Å²) >= 11 is 42.7. The molecule has 0 aliphatic heterocycles. The van der Waals surface area contributed by atoms with E-state index >= 15 is 0 Å². The molecule has 9 N–H and O–H groups in total. The van der Waals surface area contributed by atoms with E-state index in [1.54, 1.807) is 36.4 Å². The number of rotatable bonds is 16. The molecular formula is C100H73Br3Cl4I3N3O3. The van der Waals surface area contributed by atoms with Crippen molar-refractivity contribution in [2.24, 2.45) is 0 Å². The van der Waals surface area contributed by atoms with Crippen LogP contribution < -0.4 is 17.2 Å². The number of aromatic hydroxyl groups is 3. The van der Waals surface area contributed by atoms with E-state index in [1.165, 1.54) is 49.7 Å². The summed E-state index contributed by atoms with van der Waals surface area (Å²) in [6, 6.07) is 129. The van der Waals surface area contributed by atoms with Crippen LogP contribution >= 0.6 is 162 Å². The first-order valence-electron chi connectivity index (χ1n) is 36.6. The first-order valence-corrected chi connectivity index (χ1v) is 43.7. The fourth-order valence-electron chi connectivity index (χ4n) is 15.3. The minimum Gasteiger partial charge on any atom is -0.508 e. The highest BCUT2D eigenvalue weighted by molar-refractivity contribution is 14.1. The Morgan fingerprint density at radius 2 is 0.293 bits per heavy atom. The van der Waals surface area contributed by atoms with Gasteiger partial charge < -0.3 is 32.5 Å². The first kappa shape index (κ1) is 85.0. The highest BCUT2D eigenvalue weighted by atomic mass is 127. The molecule has 16 aromatic carbocycles. The van der Waals surface area contributed by atoms with Crippen molar-refractivity contribution in [3.05, 3.63) is 521 Å². The zero-order chi connectivity index (χ0) is 81.7. The monoisotopic (exact) mass is 2120 g/mol. The molecule has 6 nitrogen and oxygen atoms in total. The Hall–Kier alpha value is -8.89. The van der Waals surface area contributed by atoms with Gasteiger partial charge in [-0.1, -0.05) is 288 Å². The van der Waals surface area contributed by atoms with E-state index in [0.717, 1.165) is 73.5 Å². The van der Waals surface area contributed by atoms with Gasteiger partial charge >= 0.3 is 0 Å². The topological polar surface area (TPSA) is 139 Å². The van der Waals surface area contributed by atoms with E-state index in [4.69, 9.17) is 63.6 Å². The van der Waals surface area contributed by atoms with Gasteiger partial charge in [-0.15, -0.1) is 0 Å². The SMILES string of the molecule is Clc1ccc(C(c2ccc(Br)cc2)(c2ccc(Br)cc2)c2ccc(Br)cc2)cc1.Clc1ccc(C(c2ccc(I)cc2)(c2ccc(I)cc2)c2ccc(I)cc2)cc1.Nc1ccc(C(c2ccc(N)cc2)(c2ccc(N)cc2)c2ccc(Cl)cc2)cc1.Oc1ccc(C(c2ccc(O)cc2)(c2ccc(O)cc2)c2ccc(Cl)cc2)cc1. The highest BCUT2D eigenvalue weighted by Crippen LogP contribution is 2.51. The molecule has 0 radical (unpaired) electrons. The molecule has 0 saturated carbocycles. The third-order valence-electron chi connectivity index (χ3n) is 20.7. The Bertz CT molecular complexity index is 4420. The predicted octanol–water partition coefficient (Wildman–Crippen LogP) is 28.9. The lowest BCUT2D eigenvalue weighted by atomic mass is 9.65. The van der Waals surface area contributed by atoms with Crippen LogP contribution in [-0.2, 0) is 21.7 Å². The summed E-state index contributed by atoms with van der Waals surface area (Å²) in [5.74, 6) is 0.528. The van der Waals surface area contributed by atoms with Crippen molar-refractivity contribution >= 4 is 179 Å². The summed E-state index contributed by atoms with van der Waals surface area (Å²) in [5.41, 5.74) is 35.6. The van der Waals surface area contributed by atoms with Crippen molar-refractivity contribution in [3.63, 3.8) is 0 Å². The number of phenolic OH excluding ortho intramolecular Hbond substituents is 3. The van der Waals surface area contributed by atoms with Crippen LogP contribution in [0.5, 0.6) is 17.2 Å². The fourth-order valence-corrected chi connectivity index (χ4v) is 17.7. The molecule has 0 amide bonds. The van der Waals surface area contributed by atoms with Gasteiger partial charge in [0.05, 0.1) is 21.7 Å². The fraction of sp³-hybridized carbons (Fsp3) is 0.0400. The average Bonchev–Trinajstić information content (AvgIpc) is 0.752. The van der Waals surface area contributed by atoms with E-state index in [-0.39, 0.29) is 17.2 Å².